The van der Waals surface area contributed by atoms with Crippen molar-refractivity contribution in [1.82, 2.24) is 34.8 Å². The van der Waals surface area contributed by atoms with Gasteiger partial charge in [0, 0.05) is 12.6 Å². The molecule has 8 nitrogen and oxygen atoms in total. The maximum atomic E-state index is 14.1. The smallest absolute Gasteiger partial charge is 0.182 e. The zero-order valence-corrected chi connectivity index (χ0v) is 16.2. The molecule has 3 N–H and O–H groups in total. The lowest BCUT2D eigenvalue weighted by Crippen LogP contribution is -2.33. The summed E-state index contributed by atoms with van der Waals surface area (Å²) in [5, 5.41) is 6.97. The molecule has 1 aliphatic rings. The van der Waals surface area contributed by atoms with Gasteiger partial charge in [-0.15, -0.1) is 0 Å². The van der Waals surface area contributed by atoms with Crippen molar-refractivity contribution in [2.24, 2.45) is 0 Å². The van der Waals surface area contributed by atoms with E-state index >= 15 is 0 Å². The standard InChI is InChI=1S/C20H23FN8/c1-2-14(27-19-17-18(24-10-23-17)25-11-26-19)20-28-15-6-5-12(21)8-16(15)29(20)13-4-3-7-22-9-13/h5-6,8,10-11,13-14,22H,2-4,7,9H2,1H3,(H2,23,24,25,26,27)/t13-,14+/m1/s1. The molecule has 0 unspecified atom stereocenters. The molecule has 1 aliphatic heterocycles. The van der Waals surface area contributed by atoms with Crippen LogP contribution in [0.15, 0.2) is 30.9 Å². The fourth-order valence-electron chi connectivity index (χ4n) is 4.16. The number of nitrogens with zero attached hydrogens (tertiary/aromatic N) is 5. The first kappa shape index (κ1) is 18.0. The van der Waals surface area contributed by atoms with Crippen molar-refractivity contribution < 1.29 is 4.39 Å². The van der Waals surface area contributed by atoms with E-state index in [0.717, 1.165) is 54.7 Å². The minimum atomic E-state index is -0.245. The van der Waals surface area contributed by atoms with E-state index in [2.05, 4.69) is 42.1 Å². The summed E-state index contributed by atoms with van der Waals surface area (Å²) >= 11 is 0. The zero-order chi connectivity index (χ0) is 19.8. The van der Waals surface area contributed by atoms with Crippen LogP contribution < -0.4 is 10.6 Å². The minimum Gasteiger partial charge on any atom is -0.358 e. The summed E-state index contributed by atoms with van der Waals surface area (Å²) in [6.45, 7) is 3.97. The average Bonchev–Trinajstić information content (AvgIpc) is 3.37. The summed E-state index contributed by atoms with van der Waals surface area (Å²) in [7, 11) is 0. The number of piperidine rings is 1. The van der Waals surface area contributed by atoms with Crippen LogP contribution in [0.4, 0.5) is 10.2 Å². The number of hydrogen-bond donors (Lipinski definition) is 3. The molecule has 2 atom stereocenters. The Kier molecular flexibility index (Phi) is 4.59. The Morgan fingerprint density at radius 2 is 2.24 bits per heavy atom. The fraction of sp³-hybridized carbons (Fsp3) is 0.400. The number of rotatable bonds is 5. The lowest BCUT2D eigenvalue weighted by Gasteiger charge is -2.28. The number of fused-ring (bicyclic) bond motifs is 2. The molecule has 9 heteroatoms. The van der Waals surface area contributed by atoms with Gasteiger partial charge in [-0.05, 0) is 44.0 Å². The normalized spacial score (nSPS) is 18.3. The average molecular weight is 394 g/mol. The van der Waals surface area contributed by atoms with Crippen molar-refractivity contribution in [3.8, 4) is 0 Å². The highest BCUT2D eigenvalue weighted by Crippen LogP contribution is 2.32. The molecule has 4 heterocycles. The number of benzene rings is 1. The molecule has 0 spiro atoms. The molecule has 5 rings (SSSR count). The molecule has 1 aromatic carbocycles. The van der Waals surface area contributed by atoms with Crippen molar-refractivity contribution >= 4 is 28.0 Å². The van der Waals surface area contributed by atoms with Crippen LogP contribution in [-0.2, 0) is 0 Å². The van der Waals surface area contributed by atoms with Crippen molar-refractivity contribution in [2.75, 3.05) is 18.4 Å². The number of aromatic amines is 1. The van der Waals surface area contributed by atoms with Crippen LogP contribution in [-0.4, -0.2) is 42.6 Å². The van der Waals surface area contributed by atoms with E-state index in [0.29, 0.717) is 11.5 Å². The van der Waals surface area contributed by atoms with Crippen molar-refractivity contribution in [1.29, 1.82) is 0 Å². The highest BCUT2D eigenvalue weighted by Gasteiger charge is 2.26. The molecule has 29 heavy (non-hydrogen) atoms. The predicted octanol–water partition coefficient (Wildman–Crippen LogP) is 3.33. The summed E-state index contributed by atoms with van der Waals surface area (Å²) in [4.78, 5) is 20.8. The number of imidazole rings is 2. The van der Waals surface area contributed by atoms with E-state index in [1.54, 1.807) is 18.5 Å². The molecule has 0 bridgehead atoms. The first-order chi connectivity index (χ1) is 14.2. The van der Waals surface area contributed by atoms with E-state index in [1.807, 2.05) is 0 Å². The molecule has 0 radical (unpaired) electrons. The molecule has 0 saturated carbocycles. The second kappa shape index (κ2) is 7.40. The summed E-state index contributed by atoms with van der Waals surface area (Å²) < 4.78 is 16.3. The molecular weight excluding hydrogens is 371 g/mol. The Labute approximate surface area is 167 Å². The van der Waals surface area contributed by atoms with Gasteiger partial charge >= 0.3 is 0 Å². The van der Waals surface area contributed by atoms with Gasteiger partial charge in [0.25, 0.3) is 0 Å². The molecule has 1 fully saturated rings. The minimum absolute atomic E-state index is 0.0891. The summed E-state index contributed by atoms with van der Waals surface area (Å²) in [5.41, 5.74) is 3.02. The second-order valence-corrected chi connectivity index (χ2v) is 7.40. The van der Waals surface area contributed by atoms with E-state index < -0.39 is 0 Å². The number of aromatic nitrogens is 6. The molecule has 1 saturated heterocycles. The Hall–Kier alpha value is -3.07. The third kappa shape index (κ3) is 3.21. The van der Waals surface area contributed by atoms with Gasteiger partial charge in [-0.3, -0.25) is 0 Å². The molecule has 4 aromatic rings. The summed E-state index contributed by atoms with van der Waals surface area (Å²) in [6.07, 6.45) is 6.03. The van der Waals surface area contributed by atoms with Crippen LogP contribution in [0, 0.1) is 5.82 Å². The van der Waals surface area contributed by atoms with Gasteiger partial charge < -0.3 is 20.2 Å². The largest absolute Gasteiger partial charge is 0.358 e. The van der Waals surface area contributed by atoms with Crippen LogP contribution >= 0.6 is 0 Å². The first-order valence-corrected chi connectivity index (χ1v) is 10.0. The van der Waals surface area contributed by atoms with Crippen molar-refractivity contribution in [2.45, 2.75) is 38.3 Å². The molecular formula is C20H23FN8. The Morgan fingerprint density at radius 3 is 3.07 bits per heavy atom. The van der Waals surface area contributed by atoms with Gasteiger partial charge in [0.05, 0.1) is 23.4 Å². The van der Waals surface area contributed by atoms with Crippen LogP contribution in [0.2, 0.25) is 0 Å². The van der Waals surface area contributed by atoms with E-state index in [4.69, 9.17) is 4.98 Å². The van der Waals surface area contributed by atoms with E-state index in [-0.39, 0.29) is 17.9 Å². The van der Waals surface area contributed by atoms with Crippen molar-refractivity contribution in [3.63, 3.8) is 0 Å². The van der Waals surface area contributed by atoms with Crippen molar-refractivity contribution in [3.05, 3.63) is 42.5 Å². The first-order valence-electron chi connectivity index (χ1n) is 10.0. The van der Waals surface area contributed by atoms with Crippen LogP contribution in [0.3, 0.4) is 0 Å². The van der Waals surface area contributed by atoms with Gasteiger partial charge in [0.15, 0.2) is 11.5 Å². The van der Waals surface area contributed by atoms with E-state index in [1.165, 1.54) is 12.4 Å². The van der Waals surface area contributed by atoms with E-state index in [9.17, 15) is 4.39 Å². The second-order valence-electron chi connectivity index (χ2n) is 7.40. The topological polar surface area (TPSA) is 96.3 Å². The summed E-state index contributed by atoms with van der Waals surface area (Å²) in [5.74, 6) is 1.34. The maximum absolute atomic E-state index is 14.1. The monoisotopic (exact) mass is 394 g/mol. The van der Waals surface area contributed by atoms with Gasteiger partial charge in [-0.1, -0.05) is 6.92 Å². The summed E-state index contributed by atoms with van der Waals surface area (Å²) in [6, 6.07) is 4.96. The zero-order valence-electron chi connectivity index (χ0n) is 16.2. The third-order valence-corrected chi connectivity index (χ3v) is 5.57. The molecule has 0 aliphatic carbocycles. The number of halogens is 1. The SMILES string of the molecule is CC[C@H](Nc1ncnc2nc[nH]c12)c1nc2ccc(F)cc2n1[C@@H]1CCCNC1. The lowest BCUT2D eigenvalue weighted by atomic mass is 10.1. The number of nitrogens with one attached hydrogen (secondary N) is 3. The highest BCUT2D eigenvalue weighted by atomic mass is 19.1. The number of anilines is 1. The molecule has 0 amide bonds. The third-order valence-electron chi connectivity index (χ3n) is 5.57. The molecule has 150 valence electrons. The Morgan fingerprint density at radius 1 is 1.31 bits per heavy atom. The van der Waals surface area contributed by atoms with Gasteiger partial charge in [-0.2, -0.15) is 0 Å². The number of hydrogen-bond acceptors (Lipinski definition) is 6. The Bertz CT molecular complexity index is 1140. The van der Waals surface area contributed by atoms with Crippen LogP contribution in [0.25, 0.3) is 22.2 Å². The predicted molar refractivity (Wildman–Crippen MR) is 109 cm³/mol. The fourth-order valence-corrected chi connectivity index (χ4v) is 4.16. The lowest BCUT2D eigenvalue weighted by molar-refractivity contribution is 0.365. The highest BCUT2D eigenvalue weighted by molar-refractivity contribution is 5.82. The van der Waals surface area contributed by atoms with Crippen LogP contribution in [0.1, 0.15) is 44.1 Å². The number of H-pyrrole nitrogens is 1. The maximum Gasteiger partial charge on any atom is 0.182 e. The quantitative estimate of drug-likeness (QED) is 0.480. The Balaban J connectivity index is 1.61. The molecule has 3 aromatic heterocycles. The van der Waals surface area contributed by atoms with Gasteiger partial charge in [-0.25, -0.2) is 24.3 Å². The van der Waals surface area contributed by atoms with Gasteiger partial charge in [0.2, 0.25) is 0 Å². The van der Waals surface area contributed by atoms with Gasteiger partial charge in [0.1, 0.15) is 23.5 Å². The van der Waals surface area contributed by atoms with Crippen LogP contribution in [0.5, 0.6) is 0 Å².